The Balaban J connectivity index is 0.963. The summed E-state index contributed by atoms with van der Waals surface area (Å²) < 4.78 is 5.70. The van der Waals surface area contributed by atoms with E-state index in [1.54, 1.807) is 44.3 Å². The minimum absolute atomic E-state index is 0.0204. The number of phenolic OH excluding ortho intramolecular Hbond substituents is 1. The summed E-state index contributed by atoms with van der Waals surface area (Å²) in [5.41, 5.74) is 11.0. The fourth-order valence-electron chi connectivity index (χ4n) is 12.3. The van der Waals surface area contributed by atoms with Crippen LogP contribution in [-0.2, 0) is 76.7 Å². The van der Waals surface area contributed by atoms with Crippen LogP contribution in [-0.4, -0.2) is 205 Å². The van der Waals surface area contributed by atoms with Crippen LogP contribution in [0.2, 0.25) is 0 Å². The van der Waals surface area contributed by atoms with Crippen LogP contribution in [0.25, 0.3) is 22.0 Å². The number of aliphatic hydroxyl groups excluding tert-OH is 1. The number of ether oxygens (including phenoxy) is 1. The molecule has 19 N–H and O–H groups in total. The molecule has 2 aromatic heterocycles. The molecule has 10 amide bonds. The van der Waals surface area contributed by atoms with E-state index in [1.165, 1.54) is 41.7 Å². The predicted octanol–water partition coefficient (Wildman–Crippen LogP) is -0.0849. The quantitative estimate of drug-likeness (QED) is 0.0138. The Morgan fingerprint density at radius 3 is 1.87 bits per heavy atom. The lowest BCUT2D eigenvalue weighted by molar-refractivity contribution is -0.143. The molecule has 4 aromatic carbocycles. The lowest BCUT2D eigenvalue weighted by atomic mass is 9.98. The monoisotopic (exact) mass is 1420 g/mol. The normalized spacial score (nSPS) is 15.1. The molecule has 2 aliphatic rings. The number of aliphatic carboxylic acids is 2. The van der Waals surface area contributed by atoms with Gasteiger partial charge in [-0.05, 0) is 96.0 Å². The number of aromatic nitrogens is 3. The predicted molar refractivity (Wildman–Crippen MR) is 371 cm³/mol. The van der Waals surface area contributed by atoms with Crippen molar-refractivity contribution in [3.05, 3.63) is 144 Å². The van der Waals surface area contributed by atoms with E-state index in [9.17, 15) is 72.9 Å². The van der Waals surface area contributed by atoms with Gasteiger partial charge in [0.2, 0.25) is 53.2 Å². The summed E-state index contributed by atoms with van der Waals surface area (Å²) in [6, 6.07) is 15.9. The van der Waals surface area contributed by atoms with Crippen LogP contribution < -0.4 is 58.9 Å². The van der Waals surface area contributed by atoms with Gasteiger partial charge in [-0.25, -0.2) is 9.78 Å². The number of aliphatic hydroxyl groups is 1. The van der Waals surface area contributed by atoms with Gasteiger partial charge in [-0.1, -0.05) is 92.7 Å². The van der Waals surface area contributed by atoms with E-state index in [2.05, 4.69) is 68.1 Å². The first kappa shape index (κ1) is 76.8. The molecule has 1 fully saturated rings. The van der Waals surface area contributed by atoms with Crippen molar-refractivity contribution < 1.29 is 82.7 Å². The Morgan fingerprint density at radius 2 is 1.24 bits per heavy atom. The van der Waals surface area contributed by atoms with Crippen molar-refractivity contribution >= 4 is 88.1 Å². The van der Waals surface area contributed by atoms with Crippen molar-refractivity contribution in [1.29, 1.82) is 5.41 Å². The van der Waals surface area contributed by atoms with Gasteiger partial charge in [0.05, 0.1) is 19.5 Å². The molecule has 33 heteroatoms. The number of carboxylic acid groups (broad SMARTS) is 2. The van der Waals surface area contributed by atoms with E-state index in [0.29, 0.717) is 34.1 Å². The number of amides is 10. The summed E-state index contributed by atoms with van der Waals surface area (Å²) in [5.74, 6) is -11.9. The first-order valence-corrected chi connectivity index (χ1v) is 33.6. The highest BCUT2D eigenvalue weighted by molar-refractivity contribution is 5.99. The molecule has 103 heavy (non-hydrogen) atoms. The van der Waals surface area contributed by atoms with Crippen molar-refractivity contribution in [2.75, 3.05) is 39.4 Å². The molecule has 0 radical (unpaired) electrons. The first-order valence-electron chi connectivity index (χ1n) is 33.6. The smallest absolute Gasteiger partial charge is 0.407 e. The number of guanidine groups is 1. The number of imidazole rings is 1. The largest absolute Gasteiger partial charge is 0.508 e. The van der Waals surface area contributed by atoms with Crippen molar-refractivity contribution in [1.82, 2.24) is 73.0 Å². The Bertz CT molecular complexity index is 3990. The first-order chi connectivity index (χ1) is 49.3. The number of carboxylic acids is 2. The minimum Gasteiger partial charge on any atom is -0.508 e. The molecule has 8 rings (SSSR count). The Labute approximate surface area is 590 Å². The number of aromatic amines is 2. The van der Waals surface area contributed by atoms with Crippen molar-refractivity contribution in [3.63, 3.8) is 0 Å². The molecule has 33 nitrogen and oxygen atoms in total. The fraction of sp³-hybridized carbons (Fsp3) is 0.400. The van der Waals surface area contributed by atoms with Gasteiger partial charge in [0.25, 0.3) is 0 Å². The van der Waals surface area contributed by atoms with E-state index in [0.717, 1.165) is 22.3 Å². The second-order valence-corrected chi connectivity index (χ2v) is 25.4. The molecular weight excluding hydrogens is 1340 g/mol. The lowest BCUT2D eigenvalue weighted by Gasteiger charge is -2.30. The van der Waals surface area contributed by atoms with Crippen LogP contribution in [0, 0.1) is 11.3 Å². The molecule has 1 aliphatic carbocycles. The van der Waals surface area contributed by atoms with Crippen molar-refractivity contribution in [2.24, 2.45) is 11.7 Å². The number of nitrogens with two attached hydrogens (primary N) is 1. The molecule has 548 valence electrons. The highest BCUT2D eigenvalue weighted by atomic mass is 16.5. The molecule has 0 unspecified atom stereocenters. The van der Waals surface area contributed by atoms with Crippen LogP contribution in [0.4, 0.5) is 4.79 Å². The van der Waals surface area contributed by atoms with Gasteiger partial charge in [0.15, 0.2) is 5.96 Å². The zero-order chi connectivity index (χ0) is 74.3. The molecule has 1 saturated heterocycles. The maximum Gasteiger partial charge on any atom is 0.407 e. The van der Waals surface area contributed by atoms with Gasteiger partial charge in [0.1, 0.15) is 67.2 Å². The van der Waals surface area contributed by atoms with Gasteiger partial charge in [-0.15, -0.1) is 0 Å². The van der Waals surface area contributed by atoms with Crippen LogP contribution in [0.3, 0.4) is 0 Å². The summed E-state index contributed by atoms with van der Waals surface area (Å²) in [7, 11) is 0. The van der Waals surface area contributed by atoms with E-state index in [1.807, 2.05) is 48.5 Å². The average Bonchev–Trinajstić information content (AvgIpc) is 1.62. The number of carbonyl (C=O) groups excluding carboxylic acids is 10. The maximum absolute atomic E-state index is 14.8. The van der Waals surface area contributed by atoms with E-state index in [-0.39, 0.29) is 88.2 Å². The second-order valence-electron chi connectivity index (χ2n) is 25.4. The van der Waals surface area contributed by atoms with Gasteiger partial charge in [-0.2, -0.15) is 0 Å². The molecular formula is C70H86N16O17. The van der Waals surface area contributed by atoms with Gasteiger partial charge >= 0.3 is 18.0 Å². The third-order valence-corrected chi connectivity index (χ3v) is 17.4. The van der Waals surface area contributed by atoms with E-state index in [4.69, 9.17) is 21.0 Å². The van der Waals surface area contributed by atoms with Crippen molar-refractivity contribution in [2.45, 2.75) is 132 Å². The molecule has 8 atom stereocenters. The number of likely N-dealkylation sites (tertiary alicyclic amines) is 1. The number of para-hydroxylation sites is 1. The zero-order valence-corrected chi connectivity index (χ0v) is 56.6. The van der Waals surface area contributed by atoms with Crippen LogP contribution in [0.5, 0.6) is 5.75 Å². The number of fused-ring (bicyclic) bond motifs is 4. The summed E-state index contributed by atoms with van der Waals surface area (Å²) in [6.45, 7) is 1.04. The Kier molecular flexibility index (Phi) is 27.6. The number of nitrogens with zero attached hydrogens (tertiary/aromatic N) is 2. The van der Waals surface area contributed by atoms with Crippen LogP contribution >= 0.6 is 0 Å². The maximum atomic E-state index is 14.8. The summed E-state index contributed by atoms with van der Waals surface area (Å²) >= 11 is 0. The van der Waals surface area contributed by atoms with E-state index >= 15 is 0 Å². The standard InChI is InChI=1S/C70H86N16O17/c1-38(2)27-52(63(96)80-51(17-9-25-74-69(71)72)68(101)86-26-10-18-57(86)67(100)77-34-60(92)93)79-58(89)33-76-61(94)53(28-39-19-21-42(88)22-20-39)81-66(99)56(35-87)84-64(97)54(29-40-31-75-49-16-8-7-11-43(40)49)82-65(98)55(30-41-32-73-37-78-41)83-62(95)50(23-24-59(90)91)85-70(102)103-36-48-46-14-5-3-12-44(46)45-13-4-6-15-47(45)48/h3-8,11-16,19-22,31-32,37-38,48,50-57,75,87-88H,9-10,17-18,23-30,33-36H2,1-2H3,(H,73,78)(H,76,94)(H,77,100)(H,79,89)(H,80,96)(H,81,99)(H,82,98)(H,83,95)(H,84,97)(H,85,102)(H,90,91)(H,92,93)(H4,71,72,74)/t50-,51-,52-,53-,54-,55-,56-,57-/m0/s1. The molecule has 0 saturated carbocycles. The lowest BCUT2D eigenvalue weighted by Crippen LogP contribution is -2.61. The number of H-pyrrole nitrogens is 2. The van der Waals surface area contributed by atoms with Gasteiger partial charge in [-0.3, -0.25) is 58.1 Å². The molecule has 0 spiro atoms. The van der Waals surface area contributed by atoms with E-state index < -0.39 is 152 Å². The number of nitrogens with one attached hydrogen (secondary N) is 13. The van der Waals surface area contributed by atoms with Crippen LogP contribution in [0.15, 0.2) is 116 Å². The zero-order valence-electron chi connectivity index (χ0n) is 56.6. The molecule has 0 bridgehead atoms. The topological polar surface area (TPSA) is 513 Å². The van der Waals surface area contributed by atoms with Gasteiger partial charge < -0.3 is 98.9 Å². The number of hydrogen-bond donors (Lipinski definition) is 18. The number of alkyl carbamates (subject to hydrolysis) is 1. The SMILES string of the molecule is CC(C)C[C@H](NC(=O)CNC(=O)[C@H](Cc1ccc(O)cc1)NC(=O)[C@H](CO)NC(=O)[C@H](Cc1c[nH]c2ccccc12)NC(=O)[C@H](Cc1cnc[nH]1)NC(=O)[C@H](CCC(=O)O)NC(=O)OCC1c2ccccc2-c2ccccc21)C(=O)N[C@@H](CCCNC(=N)N)C(=O)N1CCC[C@H]1C(=O)NCC(=O)O. The summed E-state index contributed by atoms with van der Waals surface area (Å²) in [5, 5.41) is 73.3. The average molecular weight is 1420 g/mol. The highest BCUT2D eigenvalue weighted by Gasteiger charge is 2.40. The Hall–Kier alpha value is -11.9. The number of carbonyl (C=O) groups is 12. The highest BCUT2D eigenvalue weighted by Crippen LogP contribution is 2.44. The summed E-state index contributed by atoms with van der Waals surface area (Å²) in [4.78, 5) is 176. The number of aromatic hydroxyl groups is 1. The number of phenols is 1. The molecule has 3 heterocycles. The number of hydrogen-bond acceptors (Lipinski definition) is 17. The number of rotatable bonds is 37. The third-order valence-electron chi connectivity index (χ3n) is 17.4. The summed E-state index contributed by atoms with van der Waals surface area (Å²) in [6.07, 6.45) is 2.10. The number of benzene rings is 4. The fourth-order valence-corrected chi connectivity index (χ4v) is 12.3. The molecule has 6 aromatic rings. The third kappa shape index (κ3) is 22.0. The van der Waals surface area contributed by atoms with Crippen LogP contribution in [0.1, 0.15) is 92.7 Å². The Morgan fingerprint density at radius 1 is 0.641 bits per heavy atom. The van der Waals surface area contributed by atoms with Gasteiger partial charge in [0, 0.05) is 73.7 Å². The second kappa shape index (κ2) is 37.0. The van der Waals surface area contributed by atoms with Crippen molar-refractivity contribution in [3.8, 4) is 16.9 Å². The minimum atomic E-state index is -1.85. The molecule has 1 aliphatic heterocycles.